The lowest BCUT2D eigenvalue weighted by molar-refractivity contribution is -0.406. The van der Waals surface area contributed by atoms with Crippen LogP contribution in [0.3, 0.4) is 0 Å². The number of fused-ring (bicyclic) bond motifs is 2. The molecule has 5 aliphatic carbocycles. The van der Waals surface area contributed by atoms with Gasteiger partial charge in [-0.25, -0.2) is 4.79 Å². The lowest BCUT2D eigenvalue weighted by Gasteiger charge is -2.64. The molecule has 24 nitrogen and oxygen atoms in total. The van der Waals surface area contributed by atoms with E-state index in [4.69, 9.17) is 42.6 Å². The Labute approximate surface area is 490 Å². The van der Waals surface area contributed by atoms with E-state index in [1.165, 1.54) is 13.8 Å². The maximum Gasteiger partial charge on any atom is 0.329 e. The van der Waals surface area contributed by atoms with E-state index in [1.807, 2.05) is 19.9 Å². The van der Waals surface area contributed by atoms with E-state index in [2.05, 4.69) is 39.1 Å². The minimum absolute atomic E-state index is 0.0277. The highest BCUT2D eigenvalue weighted by atomic mass is 16.8. The summed E-state index contributed by atoms with van der Waals surface area (Å²) in [4.78, 5) is 25.5. The molecule has 13 N–H and O–H groups in total. The summed E-state index contributed by atoms with van der Waals surface area (Å²) in [7, 11) is 0. The van der Waals surface area contributed by atoms with E-state index >= 15 is 0 Å². The Hall–Kier alpha value is -2.38. The smallest absolute Gasteiger partial charge is 0.329 e. The van der Waals surface area contributed by atoms with Crippen molar-refractivity contribution in [2.45, 2.75) is 261 Å². The average molecular weight is 1200 g/mol. The predicted molar refractivity (Wildman–Crippen MR) is 291 cm³/mol. The van der Waals surface area contributed by atoms with Crippen LogP contribution < -0.4 is 5.32 Å². The van der Waals surface area contributed by atoms with E-state index in [-0.39, 0.29) is 63.9 Å². The van der Waals surface area contributed by atoms with Gasteiger partial charge in [-0.15, -0.1) is 0 Å². The molecule has 0 radical (unpaired) electrons. The molecular formula is C60H95NO23. The molecule has 0 bridgehead atoms. The van der Waals surface area contributed by atoms with Crippen molar-refractivity contribution in [1.82, 2.24) is 5.32 Å². The van der Waals surface area contributed by atoms with Gasteiger partial charge in [0, 0.05) is 23.5 Å². The Bertz CT molecular complexity index is 2420. The molecule has 32 atom stereocenters. The molecule has 478 valence electrons. The van der Waals surface area contributed by atoms with Crippen LogP contribution in [0.2, 0.25) is 0 Å². The number of hydrogen-bond acceptors (Lipinski definition) is 23. The number of aliphatic hydroxyl groups excluding tert-OH is 12. The number of rotatable bonds is 16. The summed E-state index contributed by atoms with van der Waals surface area (Å²) >= 11 is 0. The topological polar surface area (TPSA) is 372 Å². The van der Waals surface area contributed by atoms with Gasteiger partial charge in [0.15, 0.2) is 25.2 Å². The Morgan fingerprint density at radius 3 is 1.77 bits per heavy atom. The van der Waals surface area contributed by atoms with Gasteiger partial charge in [0.25, 0.3) is 0 Å². The zero-order valence-corrected chi connectivity index (χ0v) is 49.7. The molecule has 5 saturated heterocycles. The Morgan fingerprint density at radius 1 is 0.619 bits per heavy atom. The SMILES string of the molecule is CC(=CC=CC(C)C1CCC2(C)C3CCC4C(C)(C)C(OC5OC(CO)C(OC6OC(C)C(O)C(O)C6O)C(O)C5OC5OC(CO)C(O)C(O)C5OC5OC(C)C(O)C(O)C5O)CCC45CC35CCC12CO)C(=O)NC1C(=O)OC(C)C1C. The van der Waals surface area contributed by atoms with Gasteiger partial charge in [-0.2, -0.15) is 0 Å². The summed E-state index contributed by atoms with van der Waals surface area (Å²) in [5, 5.41) is 135. The average Bonchev–Trinajstić information content (AvgIpc) is 1.46. The van der Waals surface area contributed by atoms with Crippen molar-refractivity contribution in [3.05, 3.63) is 23.8 Å². The number of esters is 1. The first-order chi connectivity index (χ1) is 39.6. The second kappa shape index (κ2) is 24.1. The summed E-state index contributed by atoms with van der Waals surface area (Å²) in [6.45, 7) is 15.7. The van der Waals surface area contributed by atoms with Crippen molar-refractivity contribution in [2.24, 2.45) is 56.7 Å². The first kappa shape index (κ1) is 64.6. The highest BCUT2D eigenvalue weighted by Crippen LogP contribution is 2.89. The minimum atomic E-state index is -1.93. The fraction of sp³-hybridized carbons (Fsp3) is 0.900. The number of hydrogen-bond donors (Lipinski definition) is 13. The second-order valence-electron chi connectivity index (χ2n) is 27.7. The molecule has 10 fully saturated rings. The predicted octanol–water partition coefficient (Wildman–Crippen LogP) is -0.684. The lowest BCUT2D eigenvalue weighted by atomic mass is 9.41. The van der Waals surface area contributed by atoms with Crippen LogP contribution >= 0.6 is 0 Å². The number of cyclic esters (lactones) is 1. The zero-order chi connectivity index (χ0) is 61.1. The van der Waals surface area contributed by atoms with E-state index in [9.17, 15) is 70.9 Å². The van der Waals surface area contributed by atoms with Gasteiger partial charge in [0.1, 0.15) is 97.6 Å². The summed E-state index contributed by atoms with van der Waals surface area (Å²) in [5.41, 5.74) is -0.555. The number of carbonyl (C=O) groups excluding carboxylic acids is 2. The van der Waals surface area contributed by atoms with Crippen LogP contribution in [0.4, 0.5) is 0 Å². The van der Waals surface area contributed by atoms with E-state index in [1.54, 1.807) is 13.0 Å². The van der Waals surface area contributed by atoms with Gasteiger partial charge in [-0.3, -0.25) is 4.79 Å². The standard InChI is InChI=1S/C60H95NO23/c1-25(11-10-12-26(2)50(74)61-37-27(3)28(4)76-51(37)75)31-15-17-57(9)35-14-13-34-56(7,8)36(16-18-58(34)23-59(35,58)19-20-60(31,57)24-64)81-54-49(46(73)47(33(22-63)80-54)82-52-44(71)41(68)38(65)29(5)77-52)84-55-48(43(70)40(67)32(21-62)79-55)83-53-45(72)42(69)39(66)30(6)78-53/h10-12,25,27-49,52-55,62-73H,13-24H2,1-9H3,(H,61,74). The third kappa shape index (κ3) is 10.5. The molecule has 0 aromatic carbocycles. The Kier molecular flexibility index (Phi) is 18.5. The van der Waals surface area contributed by atoms with Crippen LogP contribution in [0.5, 0.6) is 0 Å². The molecule has 24 heteroatoms. The number of amides is 1. The molecule has 84 heavy (non-hydrogen) atoms. The number of nitrogens with one attached hydrogen (secondary N) is 1. The minimum Gasteiger partial charge on any atom is -0.461 e. The van der Waals surface area contributed by atoms with Crippen LogP contribution in [0.15, 0.2) is 23.8 Å². The van der Waals surface area contributed by atoms with Gasteiger partial charge < -0.3 is 109 Å². The summed E-state index contributed by atoms with van der Waals surface area (Å²) in [6.07, 6.45) is -19.8. The molecule has 10 rings (SSSR count). The van der Waals surface area contributed by atoms with Crippen molar-refractivity contribution >= 4 is 11.9 Å². The molecule has 5 aliphatic heterocycles. The quantitative estimate of drug-likeness (QED) is 0.0394. The molecule has 10 aliphatic rings. The monoisotopic (exact) mass is 1200 g/mol. The van der Waals surface area contributed by atoms with Crippen LogP contribution in [0.1, 0.15) is 120 Å². The number of allylic oxidation sites excluding steroid dienone is 3. The maximum absolute atomic E-state index is 13.1. The maximum atomic E-state index is 13.1. The Morgan fingerprint density at radius 2 is 1.18 bits per heavy atom. The van der Waals surface area contributed by atoms with Crippen molar-refractivity contribution in [3.63, 3.8) is 0 Å². The molecular weight excluding hydrogens is 1100 g/mol. The van der Waals surface area contributed by atoms with E-state index in [0.717, 1.165) is 51.4 Å². The molecule has 2 spiro atoms. The highest BCUT2D eigenvalue weighted by molar-refractivity contribution is 5.96. The zero-order valence-electron chi connectivity index (χ0n) is 49.7. The van der Waals surface area contributed by atoms with Crippen molar-refractivity contribution < 1.29 is 113 Å². The summed E-state index contributed by atoms with van der Waals surface area (Å²) in [6, 6.07) is -0.698. The van der Waals surface area contributed by atoms with Crippen LogP contribution in [0, 0.1) is 56.7 Å². The molecule has 0 aromatic rings. The van der Waals surface area contributed by atoms with Crippen LogP contribution in [-0.2, 0) is 52.2 Å². The highest BCUT2D eigenvalue weighted by Gasteiger charge is 2.83. The van der Waals surface area contributed by atoms with Crippen molar-refractivity contribution in [1.29, 1.82) is 0 Å². The van der Waals surface area contributed by atoms with Gasteiger partial charge in [0.2, 0.25) is 5.91 Å². The molecule has 32 unspecified atom stereocenters. The van der Waals surface area contributed by atoms with E-state index < -0.39 is 160 Å². The molecule has 1 amide bonds. The van der Waals surface area contributed by atoms with Gasteiger partial charge in [-0.1, -0.05) is 52.8 Å². The van der Waals surface area contributed by atoms with Gasteiger partial charge in [0.05, 0.1) is 31.5 Å². The molecule has 0 aromatic heterocycles. The van der Waals surface area contributed by atoms with Crippen LogP contribution in [-0.4, -0.2) is 234 Å². The first-order valence-corrected chi connectivity index (χ1v) is 30.6. The summed E-state index contributed by atoms with van der Waals surface area (Å²) in [5.74, 6) is -0.0890. The third-order valence-electron chi connectivity index (χ3n) is 23.3. The fourth-order valence-electron chi connectivity index (χ4n) is 18.1. The lowest BCUT2D eigenvalue weighted by Crippen LogP contribution is -2.68. The largest absolute Gasteiger partial charge is 0.461 e. The summed E-state index contributed by atoms with van der Waals surface area (Å²) < 4.78 is 55.1. The van der Waals surface area contributed by atoms with Crippen molar-refractivity contribution in [2.75, 3.05) is 19.8 Å². The van der Waals surface area contributed by atoms with E-state index in [0.29, 0.717) is 17.9 Å². The Balaban J connectivity index is 0.881. The number of carbonyl (C=O) groups is 2. The van der Waals surface area contributed by atoms with Crippen molar-refractivity contribution in [3.8, 4) is 0 Å². The number of aliphatic hydroxyl groups is 12. The normalized spacial score (nSPS) is 53.1. The third-order valence-corrected chi connectivity index (χ3v) is 23.3. The van der Waals surface area contributed by atoms with Gasteiger partial charge >= 0.3 is 5.97 Å². The second-order valence-corrected chi connectivity index (χ2v) is 27.7. The van der Waals surface area contributed by atoms with Gasteiger partial charge in [-0.05, 0) is 131 Å². The fourth-order valence-corrected chi connectivity index (χ4v) is 18.1. The first-order valence-electron chi connectivity index (χ1n) is 30.6. The number of ether oxygens (including phenoxy) is 9. The molecule has 5 heterocycles. The van der Waals surface area contributed by atoms with Crippen LogP contribution in [0.25, 0.3) is 0 Å². The molecule has 5 saturated carbocycles.